The average molecular weight is 370 g/mol. The number of sulfonamides is 1. The fourth-order valence-electron chi connectivity index (χ4n) is 2.21. The smallest absolute Gasteiger partial charge is 0.240 e. The molecular formula is C19H18N2O4S. The van der Waals surface area contributed by atoms with E-state index < -0.39 is 10.0 Å². The Hall–Kier alpha value is -2.90. The van der Waals surface area contributed by atoms with Gasteiger partial charge in [0.05, 0.1) is 30.5 Å². The fourth-order valence-corrected chi connectivity index (χ4v) is 3.23. The second-order valence-corrected chi connectivity index (χ2v) is 7.16. The monoisotopic (exact) mass is 370 g/mol. The summed E-state index contributed by atoms with van der Waals surface area (Å²) < 4.78 is 37.6. The molecule has 26 heavy (non-hydrogen) atoms. The molecule has 6 nitrogen and oxygen atoms in total. The third-order valence-electron chi connectivity index (χ3n) is 3.59. The van der Waals surface area contributed by atoms with Crippen molar-refractivity contribution in [1.29, 1.82) is 0 Å². The predicted octanol–water partition coefficient (Wildman–Crippen LogP) is 3.52. The molecule has 0 radical (unpaired) electrons. The van der Waals surface area contributed by atoms with Gasteiger partial charge in [-0.15, -0.1) is 0 Å². The highest BCUT2D eigenvalue weighted by Crippen LogP contribution is 2.18. The minimum Gasteiger partial charge on any atom is -0.497 e. The number of hydrogen-bond donors (Lipinski definition) is 1. The first kappa shape index (κ1) is 17.9. The Kier molecular flexibility index (Phi) is 5.50. The number of furan rings is 1. The molecule has 0 aliphatic rings. The van der Waals surface area contributed by atoms with Gasteiger partial charge in [-0.1, -0.05) is 18.2 Å². The molecule has 0 aliphatic carbocycles. The molecule has 0 spiro atoms. The van der Waals surface area contributed by atoms with Gasteiger partial charge in [0.25, 0.3) is 0 Å². The lowest BCUT2D eigenvalue weighted by molar-refractivity contribution is 0.415. The van der Waals surface area contributed by atoms with Crippen LogP contribution in [0.3, 0.4) is 0 Å². The topological polar surface area (TPSA) is 80.9 Å². The van der Waals surface area contributed by atoms with Crippen molar-refractivity contribution in [3.05, 3.63) is 78.3 Å². The van der Waals surface area contributed by atoms with E-state index in [0.29, 0.717) is 11.5 Å². The summed E-state index contributed by atoms with van der Waals surface area (Å²) in [5, 5.41) is 0. The van der Waals surface area contributed by atoms with Gasteiger partial charge in [0.15, 0.2) is 0 Å². The Morgan fingerprint density at radius 1 is 1.04 bits per heavy atom. The maximum atomic E-state index is 12.2. The van der Waals surface area contributed by atoms with Crippen molar-refractivity contribution in [3.8, 4) is 5.75 Å². The number of ether oxygens (including phenoxy) is 1. The molecule has 0 aliphatic heterocycles. The van der Waals surface area contributed by atoms with Gasteiger partial charge in [0, 0.05) is 0 Å². The van der Waals surface area contributed by atoms with Gasteiger partial charge >= 0.3 is 0 Å². The predicted molar refractivity (Wildman–Crippen MR) is 99.4 cm³/mol. The highest BCUT2D eigenvalue weighted by Gasteiger charge is 2.13. The van der Waals surface area contributed by atoms with Crippen LogP contribution in [0, 0.1) is 0 Å². The number of nitrogens with one attached hydrogen (secondary N) is 1. The first-order valence-corrected chi connectivity index (χ1v) is 9.37. The van der Waals surface area contributed by atoms with Crippen molar-refractivity contribution < 1.29 is 17.6 Å². The lowest BCUT2D eigenvalue weighted by Gasteiger charge is -2.04. The molecule has 0 fully saturated rings. The molecule has 1 heterocycles. The molecule has 0 saturated carbocycles. The molecule has 1 aromatic heterocycles. The number of nitrogens with zero attached hydrogens (tertiary/aromatic N) is 1. The van der Waals surface area contributed by atoms with Crippen LogP contribution < -0.4 is 9.46 Å². The number of methoxy groups -OCH3 is 1. The Labute approximate surface area is 152 Å². The van der Waals surface area contributed by atoms with Gasteiger partial charge in [0.2, 0.25) is 10.0 Å². The number of benzene rings is 2. The average Bonchev–Trinajstić information content (AvgIpc) is 3.14. The van der Waals surface area contributed by atoms with Crippen LogP contribution in [0.2, 0.25) is 0 Å². The van der Waals surface area contributed by atoms with Crippen LogP contribution in [0.1, 0.15) is 11.5 Å². The fraction of sp³-hybridized carbons (Fsp3) is 0.105. The molecule has 0 atom stereocenters. The van der Waals surface area contributed by atoms with Gasteiger partial charge in [-0.3, -0.25) is 4.99 Å². The number of rotatable bonds is 7. The maximum absolute atomic E-state index is 12.2. The van der Waals surface area contributed by atoms with Gasteiger partial charge in [0.1, 0.15) is 17.3 Å². The summed E-state index contributed by atoms with van der Waals surface area (Å²) in [5.41, 5.74) is 0.758. The van der Waals surface area contributed by atoms with Crippen molar-refractivity contribution in [1.82, 2.24) is 4.72 Å². The maximum Gasteiger partial charge on any atom is 0.240 e. The highest BCUT2D eigenvalue weighted by molar-refractivity contribution is 7.89. The standard InChI is InChI=1S/C19H18N2O4S/c1-24-16-9-7-15(8-10-16)20-13-17-11-12-18(25-17)14-21-26(22,23)19-5-3-2-4-6-19/h2-13,21H,14H2,1H3. The van der Waals surface area contributed by atoms with Crippen LogP contribution in [0.4, 0.5) is 5.69 Å². The van der Waals surface area contributed by atoms with Gasteiger partial charge in [-0.25, -0.2) is 13.1 Å². The zero-order valence-electron chi connectivity index (χ0n) is 14.1. The summed E-state index contributed by atoms with van der Waals surface area (Å²) in [7, 11) is -1.96. The van der Waals surface area contributed by atoms with E-state index in [2.05, 4.69) is 9.71 Å². The van der Waals surface area contributed by atoms with Gasteiger partial charge in [-0.2, -0.15) is 0 Å². The van der Waals surface area contributed by atoms with E-state index in [4.69, 9.17) is 9.15 Å². The van der Waals surface area contributed by atoms with E-state index in [9.17, 15) is 8.42 Å². The zero-order chi connectivity index (χ0) is 18.4. The van der Waals surface area contributed by atoms with Crippen LogP contribution >= 0.6 is 0 Å². The molecule has 0 unspecified atom stereocenters. The summed E-state index contributed by atoms with van der Waals surface area (Å²) in [6.07, 6.45) is 1.58. The van der Waals surface area contributed by atoms with Crippen molar-refractivity contribution >= 4 is 21.9 Å². The Morgan fingerprint density at radius 3 is 2.46 bits per heavy atom. The SMILES string of the molecule is COc1ccc(N=Cc2ccc(CNS(=O)(=O)c3ccccc3)o2)cc1. The van der Waals surface area contributed by atoms with Crippen LogP contribution in [0.25, 0.3) is 0 Å². The Balaban J connectivity index is 1.62. The van der Waals surface area contributed by atoms with E-state index >= 15 is 0 Å². The minimum atomic E-state index is -3.57. The minimum absolute atomic E-state index is 0.0631. The summed E-state index contributed by atoms with van der Waals surface area (Å²) in [5.74, 6) is 1.80. The Bertz CT molecular complexity index is 978. The molecule has 3 aromatic rings. The molecule has 2 aromatic carbocycles. The van der Waals surface area contributed by atoms with Gasteiger partial charge in [-0.05, 0) is 48.5 Å². The lowest BCUT2D eigenvalue weighted by Crippen LogP contribution is -2.22. The van der Waals surface area contributed by atoms with Crippen LogP contribution in [-0.2, 0) is 16.6 Å². The molecule has 1 N–H and O–H groups in total. The normalized spacial score (nSPS) is 11.7. The van der Waals surface area contributed by atoms with Crippen molar-refractivity contribution in [2.24, 2.45) is 4.99 Å². The van der Waals surface area contributed by atoms with Crippen LogP contribution in [0.5, 0.6) is 5.75 Å². The lowest BCUT2D eigenvalue weighted by atomic mass is 10.3. The molecule has 0 amide bonds. The molecule has 0 saturated heterocycles. The van der Waals surface area contributed by atoms with E-state index in [-0.39, 0.29) is 11.4 Å². The summed E-state index contributed by atoms with van der Waals surface area (Å²) in [4.78, 5) is 4.52. The van der Waals surface area contributed by atoms with Crippen molar-refractivity contribution in [2.45, 2.75) is 11.4 Å². The first-order valence-electron chi connectivity index (χ1n) is 7.88. The molecule has 7 heteroatoms. The summed E-state index contributed by atoms with van der Waals surface area (Å²) >= 11 is 0. The van der Waals surface area contributed by atoms with E-state index in [0.717, 1.165) is 11.4 Å². The van der Waals surface area contributed by atoms with Gasteiger partial charge < -0.3 is 9.15 Å². The largest absolute Gasteiger partial charge is 0.497 e. The zero-order valence-corrected chi connectivity index (χ0v) is 14.9. The highest BCUT2D eigenvalue weighted by atomic mass is 32.2. The molecule has 134 valence electrons. The van der Waals surface area contributed by atoms with E-state index in [1.165, 1.54) is 12.1 Å². The van der Waals surface area contributed by atoms with Crippen molar-refractivity contribution in [2.75, 3.05) is 7.11 Å². The quantitative estimate of drug-likeness (QED) is 0.645. The Morgan fingerprint density at radius 2 is 1.77 bits per heavy atom. The van der Waals surface area contributed by atoms with Crippen LogP contribution in [-0.4, -0.2) is 21.7 Å². The third kappa shape index (κ3) is 4.59. The molecule has 3 rings (SSSR count). The molecule has 0 bridgehead atoms. The second-order valence-electron chi connectivity index (χ2n) is 5.40. The third-order valence-corrected chi connectivity index (χ3v) is 5.00. The summed E-state index contributed by atoms with van der Waals surface area (Å²) in [6, 6.07) is 18.9. The molecular weight excluding hydrogens is 352 g/mol. The number of aliphatic imine (C=N–C) groups is 1. The number of hydrogen-bond acceptors (Lipinski definition) is 5. The summed E-state index contributed by atoms with van der Waals surface area (Å²) in [6.45, 7) is 0.0631. The van der Waals surface area contributed by atoms with Crippen molar-refractivity contribution in [3.63, 3.8) is 0 Å². The van der Waals surface area contributed by atoms with E-state index in [1.807, 2.05) is 24.3 Å². The van der Waals surface area contributed by atoms with Crippen LogP contribution in [0.15, 0.2) is 81.0 Å². The second kappa shape index (κ2) is 7.99. The first-order chi connectivity index (χ1) is 12.6. The van der Waals surface area contributed by atoms with E-state index in [1.54, 1.807) is 43.7 Å².